The number of nitrogens with zero attached hydrogens (tertiary/aromatic N) is 1. The van der Waals surface area contributed by atoms with Gasteiger partial charge in [-0.3, -0.25) is 19.3 Å². The molecule has 106 valence electrons. The molecule has 0 aromatic rings. The number of unbranched alkanes of at least 4 members (excludes halogenated alkanes) is 1. The zero-order valence-corrected chi connectivity index (χ0v) is 9.91. The predicted molar refractivity (Wildman–Crippen MR) is 68.3 cm³/mol. The summed E-state index contributed by atoms with van der Waals surface area (Å²) < 4.78 is 0. The van der Waals surface area contributed by atoms with E-state index in [1.165, 1.54) is 4.90 Å². The molecule has 0 bridgehead atoms. The van der Waals surface area contributed by atoms with Gasteiger partial charge in [-0.25, -0.2) is 0 Å². The number of rotatable bonds is 10. The summed E-state index contributed by atoms with van der Waals surface area (Å²) in [4.78, 5) is 32.7. The van der Waals surface area contributed by atoms with Crippen molar-refractivity contribution in [3.63, 3.8) is 0 Å². The van der Waals surface area contributed by atoms with Gasteiger partial charge in [-0.15, -0.1) is 0 Å². The van der Waals surface area contributed by atoms with Crippen molar-refractivity contribution in [3.05, 3.63) is 0 Å². The van der Waals surface area contributed by atoms with Crippen molar-refractivity contribution in [2.75, 3.05) is 19.6 Å². The van der Waals surface area contributed by atoms with Gasteiger partial charge in [0.2, 0.25) is 0 Å². The van der Waals surface area contributed by atoms with Crippen LogP contribution in [0.25, 0.3) is 0 Å². The van der Waals surface area contributed by atoms with Crippen LogP contribution in [0, 0.1) is 0 Å². The number of aliphatic carboxylic acids is 3. The van der Waals surface area contributed by atoms with Gasteiger partial charge >= 0.3 is 47.5 Å². The maximum atomic E-state index is 10.5. The topological polar surface area (TPSA) is 141 Å². The molecule has 0 aromatic carbocycles. The number of nitrogens with two attached hydrogens (primary N) is 1. The number of carbonyl (C=O) groups is 3. The van der Waals surface area contributed by atoms with E-state index >= 15 is 0 Å². The molecule has 0 aliphatic carbocycles. The first-order chi connectivity index (χ1) is 8.32. The Labute approximate surface area is 132 Å². The van der Waals surface area contributed by atoms with E-state index in [-0.39, 0.29) is 55.6 Å². The zero-order chi connectivity index (χ0) is 14.1. The zero-order valence-electron chi connectivity index (χ0n) is 9.91. The second kappa shape index (κ2) is 11.2. The molecule has 0 saturated carbocycles. The fraction of sp³-hybridized carbons (Fsp3) is 0.700. The summed E-state index contributed by atoms with van der Waals surface area (Å²) in [6, 6.07) is -0.933. The Morgan fingerprint density at radius 1 is 1.00 bits per heavy atom. The molecule has 0 aliphatic heterocycles. The Morgan fingerprint density at radius 3 is 1.84 bits per heavy atom. The normalized spacial score (nSPS) is 11.7. The van der Waals surface area contributed by atoms with Crippen molar-refractivity contribution >= 4 is 47.5 Å². The average molecular weight is 286 g/mol. The van der Waals surface area contributed by atoms with Gasteiger partial charge in [-0.2, -0.15) is 0 Å². The van der Waals surface area contributed by atoms with E-state index in [0.717, 1.165) is 0 Å². The Balaban J connectivity index is 0. The standard InChI is InChI=1S/C10H18N2O6.Na.H/c11-7(10(17)18)3-1-2-4-12(5-8(13)14)6-9(15)16;;/h7H,1-6,11H2,(H,13,14)(H,15,16)(H,17,18);;/t7-;;/m0../s1. The Hall–Kier alpha value is -0.670. The Kier molecular flexibility index (Phi) is 12.1. The van der Waals surface area contributed by atoms with Crippen LogP contribution in [0.15, 0.2) is 0 Å². The molecular weight excluding hydrogens is 267 g/mol. The van der Waals surface area contributed by atoms with Gasteiger partial charge < -0.3 is 21.1 Å². The molecular formula is C10H19N2NaO6. The summed E-state index contributed by atoms with van der Waals surface area (Å²) >= 11 is 0. The minimum atomic E-state index is -1.10. The van der Waals surface area contributed by atoms with Gasteiger partial charge in [0.1, 0.15) is 6.04 Å². The third-order valence-electron chi connectivity index (χ3n) is 2.27. The SMILES string of the molecule is N[C@@H](CCCCN(CC(=O)O)CC(=O)O)C(=O)O.[NaH]. The van der Waals surface area contributed by atoms with Crippen LogP contribution in [-0.4, -0.2) is 93.4 Å². The van der Waals surface area contributed by atoms with Crippen LogP contribution in [0.1, 0.15) is 19.3 Å². The van der Waals surface area contributed by atoms with E-state index in [2.05, 4.69) is 0 Å². The fourth-order valence-corrected chi connectivity index (χ4v) is 1.42. The van der Waals surface area contributed by atoms with E-state index in [4.69, 9.17) is 21.1 Å². The second-order valence-electron chi connectivity index (χ2n) is 3.94. The molecule has 1 atom stereocenters. The quantitative estimate of drug-likeness (QED) is 0.278. The molecule has 5 N–H and O–H groups in total. The van der Waals surface area contributed by atoms with Crippen LogP contribution in [0.3, 0.4) is 0 Å². The fourth-order valence-electron chi connectivity index (χ4n) is 1.42. The molecule has 0 aliphatic rings. The van der Waals surface area contributed by atoms with E-state index in [9.17, 15) is 14.4 Å². The number of carboxylic acid groups (broad SMARTS) is 3. The second-order valence-corrected chi connectivity index (χ2v) is 3.94. The molecule has 0 aromatic heterocycles. The van der Waals surface area contributed by atoms with Crippen molar-refractivity contribution < 1.29 is 29.7 Å². The number of carboxylic acids is 3. The summed E-state index contributed by atoms with van der Waals surface area (Å²) in [6.07, 6.45) is 1.29. The van der Waals surface area contributed by atoms with Crippen LogP contribution in [0.2, 0.25) is 0 Å². The van der Waals surface area contributed by atoms with E-state index in [0.29, 0.717) is 12.8 Å². The van der Waals surface area contributed by atoms with E-state index < -0.39 is 23.9 Å². The van der Waals surface area contributed by atoms with Crippen LogP contribution >= 0.6 is 0 Å². The molecule has 0 rings (SSSR count). The molecule has 0 radical (unpaired) electrons. The van der Waals surface area contributed by atoms with E-state index in [1.807, 2.05) is 0 Å². The van der Waals surface area contributed by atoms with Crippen molar-refractivity contribution in [2.24, 2.45) is 5.73 Å². The first-order valence-corrected chi connectivity index (χ1v) is 5.47. The molecule has 0 amide bonds. The molecule has 0 fully saturated rings. The monoisotopic (exact) mass is 286 g/mol. The summed E-state index contributed by atoms with van der Waals surface area (Å²) in [5.74, 6) is -3.28. The molecule has 0 saturated heterocycles. The van der Waals surface area contributed by atoms with Crippen LogP contribution < -0.4 is 5.73 Å². The molecule has 8 nitrogen and oxygen atoms in total. The van der Waals surface area contributed by atoms with Crippen molar-refractivity contribution in [1.29, 1.82) is 0 Å². The minimum absolute atomic E-state index is 0. The molecule has 19 heavy (non-hydrogen) atoms. The average Bonchev–Trinajstić information content (AvgIpc) is 2.21. The van der Waals surface area contributed by atoms with Gasteiger partial charge in [-0.1, -0.05) is 6.42 Å². The number of hydrogen-bond donors (Lipinski definition) is 4. The van der Waals surface area contributed by atoms with Crippen molar-refractivity contribution in [1.82, 2.24) is 4.90 Å². The van der Waals surface area contributed by atoms with Gasteiger partial charge in [-0.05, 0) is 19.4 Å². The Morgan fingerprint density at radius 2 is 1.47 bits per heavy atom. The first kappa shape index (κ1) is 20.6. The summed E-state index contributed by atoms with van der Waals surface area (Å²) in [7, 11) is 0. The van der Waals surface area contributed by atoms with Gasteiger partial charge in [0.15, 0.2) is 0 Å². The van der Waals surface area contributed by atoms with Gasteiger partial charge in [0.05, 0.1) is 13.1 Å². The third-order valence-corrected chi connectivity index (χ3v) is 2.27. The van der Waals surface area contributed by atoms with Crippen LogP contribution in [-0.2, 0) is 14.4 Å². The maximum absolute atomic E-state index is 10.5. The number of hydrogen-bond acceptors (Lipinski definition) is 5. The van der Waals surface area contributed by atoms with Crippen LogP contribution in [0.4, 0.5) is 0 Å². The molecule has 0 spiro atoms. The predicted octanol–water partition coefficient (Wildman–Crippen LogP) is -1.61. The van der Waals surface area contributed by atoms with Gasteiger partial charge in [0, 0.05) is 0 Å². The Bertz CT molecular complexity index is 296. The molecule has 9 heteroatoms. The third kappa shape index (κ3) is 12.1. The summed E-state index contributed by atoms with van der Waals surface area (Å²) in [5.41, 5.74) is 5.29. The van der Waals surface area contributed by atoms with Crippen molar-refractivity contribution in [3.8, 4) is 0 Å². The van der Waals surface area contributed by atoms with E-state index in [1.54, 1.807) is 0 Å². The van der Waals surface area contributed by atoms with Crippen molar-refractivity contribution in [2.45, 2.75) is 25.3 Å². The van der Waals surface area contributed by atoms with Crippen LogP contribution in [0.5, 0.6) is 0 Å². The molecule has 0 heterocycles. The summed E-state index contributed by atoms with van der Waals surface area (Å²) in [5, 5.41) is 25.7. The summed E-state index contributed by atoms with van der Waals surface area (Å²) in [6.45, 7) is -0.417. The molecule has 0 unspecified atom stereocenters. The van der Waals surface area contributed by atoms with Gasteiger partial charge in [0.25, 0.3) is 0 Å². The first-order valence-electron chi connectivity index (χ1n) is 5.47.